The van der Waals surface area contributed by atoms with Gasteiger partial charge in [0.15, 0.2) is 6.61 Å². The van der Waals surface area contributed by atoms with Crippen LogP contribution in [0.15, 0.2) is 35.7 Å². The Bertz CT molecular complexity index is 803. The summed E-state index contributed by atoms with van der Waals surface area (Å²) in [5.41, 5.74) is 2.85. The van der Waals surface area contributed by atoms with E-state index in [1.807, 2.05) is 18.2 Å². The zero-order valence-corrected chi connectivity index (χ0v) is 17.4. The minimum atomic E-state index is -0.665. The molecule has 2 amide bonds. The van der Waals surface area contributed by atoms with Crippen LogP contribution in [0, 0.1) is 0 Å². The van der Waals surface area contributed by atoms with Crippen molar-refractivity contribution in [1.29, 1.82) is 0 Å². The first-order valence-corrected chi connectivity index (χ1v) is 10.1. The van der Waals surface area contributed by atoms with Gasteiger partial charge in [-0.1, -0.05) is 52.0 Å². The molecular formula is C21H26N2O4S. The average Bonchev–Trinajstić information content (AvgIpc) is 3.19. The highest BCUT2D eigenvalue weighted by atomic mass is 32.1. The molecule has 0 spiro atoms. The molecule has 0 aliphatic carbocycles. The molecule has 0 fully saturated rings. The number of benzene rings is 1. The number of amides is 2. The van der Waals surface area contributed by atoms with Gasteiger partial charge in [0.25, 0.3) is 11.8 Å². The molecule has 1 aromatic carbocycles. The van der Waals surface area contributed by atoms with Crippen molar-refractivity contribution in [3.05, 3.63) is 51.7 Å². The third-order valence-corrected chi connectivity index (χ3v) is 5.01. The predicted octanol–water partition coefficient (Wildman–Crippen LogP) is 3.91. The molecule has 2 N–H and O–H groups in total. The van der Waals surface area contributed by atoms with Crippen molar-refractivity contribution in [3.8, 4) is 0 Å². The zero-order chi connectivity index (χ0) is 20.7. The monoisotopic (exact) mass is 402 g/mol. The number of nitrogens with one attached hydrogen (secondary N) is 2. The molecule has 2 aromatic rings. The van der Waals surface area contributed by atoms with E-state index in [4.69, 9.17) is 4.74 Å². The predicted molar refractivity (Wildman–Crippen MR) is 111 cm³/mol. The smallest absolute Gasteiger partial charge is 0.325 e. The number of esters is 1. The first-order valence-electron chi connectivity index (χ1n) is 9.19. The van der Waals surface area contributed by atoms with Gasteiger partial charge in [-0.15, -0.1) is 11.3 Å². The highest BCUT2D eigenvalue weighted by Gasteiger charge is 2.17. The van der Waals surface area contributed by atoms with E-state index >= 15 is 0 Å². The van der Waals surface area contributed by atoms with Crippen LogP contribution in [0.25, 0.3) is 0 Å². The number of rotatable bonds is 8. The van der Waals surface area contributed by atoms with Gasteiger partial charge < -0.3 is 15.4 Å². The molecule has 0 saturated carbocycles. The molecule has 0 saturated heterocycles. The molecule has 1 heterocycles. The van der Waals surface area contributed by atoms with Gasteiger partial charge in [0, 0.05) is 5.69 Å². The van der Waals surface area contributed by atoms with Gasteiger partial charge in [0.1, 0.15) is 6.54 Å². The van der Waals surface area contributed by atoms with Gasteiger partial charge in [-0.05, 0) is 34.4 Å². The number of thiophene rings is 1. The minimum Gasteiger partial charge on any atom is -0.454 e. The van der Waals surface area contributed by atoms with E-state index in [9.17, 15) is 14.4 Å². The van der Waals surface area contributed by atoms with E-state index in [1.54, 1.807) is 17.5 Å². The fourth-order valence-electron chi connectivity index (χ4n) is 2.72. The topological polar surface area (TPSA) is 84.5 Å². The lowest BCUT2D eigenvalue weighted by molar-refractivity contribution is -0.146. The van der Waals surface area contributed by atoms with Crippen LogP contribution in [-0.4, -0.2) is 30.9 Å². The average molecular weight is 403 g/mol. The number of carbonyl (C=O) groups is 3. The summed E-state index contributed by atoms with van der Waals surface area (Å²) in [5.74, 6) is -0.939. The Morgan fingerprint density at radius 2 is 1.64 bits per heavy atom. The van der Waals surface area contributed by atoms with Crippen molar-refractivity contribution in [2.45, 2.75) is 39.5 Å². The second-order valence-corrected chi connectivity index (χ2v) is 7.94. The van der Waals surface area contributed by atoms with Crippen molar-refractivity contribution in [1.82, 2.24) is 5.32 Å². The standard InChI is InChI=1S/C21H26N2O4S/c1-13(2)15-7-5-8-16(14(3)4)20(15)23-18(24)12-27-19(25)11-22-21(26)17-9-6-10-28-17/h5-10,13-14H,11-12H2,1-4H3,(H,22,26)(H,23,24). The number of ether oxygens (including phenoxy) is 1. The zero-order valence-electron chi connectivity index (χ0n) is 16.6. The number of hydrogen-bond donors (Lipinski definition) is 2. The summed E-state index contributed by atoms with van der Waals surface area (Å²) in [6, 6.07) is 9.37. The Labute approximate surface area is 169 Å². The summed E-state index contributed by atoms with van der Waals surface area (Å²) in [6.45, 7) is 7.55. The van der Waals surface area contributed by atoms with Gasteiger partial charge in [0.2, 0.25) is 0 Å². The van der Waals surface area contributed by atoms with Crippen molar-refractivity contribution in [3.63, 3.8) is 0 Å². The normalized spacial score (nSPS) is 10.8. The Morgan fingerprint density at radius 3 is 2.18 bits per heavy atom. The van der Waals surface area contributed by atoms with Crippen LogP contribution in [0.4, 0.5) is 5.69 Å². The van der Waals surface area contributed by atoms with Gasteiger partial charge in [-0.2, -0.15) is 0 Å². The van der Waals surface area contributed by atoms with Crippen LogP contribution < -0.4 is 10.6 Å². The molecule has 7 heteroatoms. The number of anilines is 1. The molecule has 2 rings (SSSR count). The van der Waals surface area contributed by atoms with Crippen LogP contribution in [-0.2, 0) is 14.3 Å². The molecular weight excluding hydrogens is 376 g/mol. The largest absolute Gasteiger partial charge is 0.454 e. The van der Waals surface area contributed by atoms with Gasteiger partial charge >= 0.3 is 5.97 Å². The molecule has 0 radical (unpaired) electrons. The fourth-order valence-corrected chi connectivity index (χ4v) is 3.36. The Kier molecular flexibility index (Phi) is 7.75. The van der Waals surface area contributed by atoms with E-state index in [0.29, 0.717) is 4.88 Å². The fraction of sp³-hybridized carbons (Fsp3) is 0.381. The summed E-state index contributed by atoms with van der Waals surface area (Å²) in [4.78, 5) is 36.4. The second kappa shape index (κ2) is 10.0. The molecule has 0 atom stereocenters. The van der Waals surface area contributed by atoms with Crippen molar-refractivity contribution >= 4 is 34.8 Å². The van der Waals surface area contributed by atoms with E-state index in [-0.39, 0.29) is 24.3 Å². The van der Waals surface area contributed by atoms with Crippen LogP contribution >= 0.6 is 11.3 Å². The third-order valence-electron chi connectivity index (χ3n) is 4.14. The van der Waals surface area contributed by atoms with Crippen LogP contribution in [0.1, 0.15) is 60.3 Å². The second-order valence-electron chi connectivity index (χ2n) is 6.99. The van der Waals surface area contributed by atoms with E-state index in [0.717, 1.165) is 16.8 Å². The Morgan fingerprint density at radius 1 is 1.00 bits per heavy atom. The maximum atomic E-state index is 12.3. The maximum absolute atomic E-state index is 12.3. The molecule has 0 bridgehead atoms. The SMILES string of the molecule is CC(C)c1cccc(C(C)C)c1NC(=O)COC(=O)CNC(=O)c1cccs1. The lowest BCUT2D eigenvalue weighted by Gasteiger charge is -2.20. The number of carbonyl (C=O) groups excluding carboxylic acids is 3. The molecule has 6 nitrogen and oxygen atoms in total. The first-order chi connectivity index (χ1) is 13.3. The van der Waals surface area contributed by atoms with Crippen LogP contribution in [0.3, 0.4) is 0 Å². The molecule has 0 unspecified atom stereocenters. The van der Waals surface area contributed by atoms with Gasteiger partial charge in [0.05, 0.1) is 4.88 Å². The molecule has 150 valence electrons. The Hall–Kier alpha value is -2.67. The molecule has 0 aliphatic heterocycles. The maximum Gasteiger partial charge on any atom is 0.325 e. The summed E-state index contributed by atoms with van der Waals surface area (Å²) < 4.78 is 4.98. The summed E-state index contributed by atoms with van der Waals surface area (Å²) in [5, 5.41) is 7.13. The number of hydrogen-bond acceptors (Lipinski definition) is 5. The highest BCUT2D eigenvalue weighted by molar-refractivity contribution is 7.12. The van der Waals surface area contributed by atoms with E-state index < -0.39 is 18.5 Å². The highest BCUT2D eigenvalue weighted by Crippen LogP contribution is 2.32. The number of para-hydroxylation sites is 1. The quantitative estimate of drug-likeness (QED) is 0.656. The van der Waals surface area contributed by atoms with Gasteiger partial charge in [-0.25, -0.2) is 0 Å². The molecule has 0 aliphatic rings. The molecule has 28 heavy (non-hydrogen) atoms. The summed E-state index contributed by atoms with van der Waals surface area (Å²) in [7, 11) is 0. The molecule has 1 aromatic heterocycles. The Balaban J connectivity index is 1.90. The van der Waals surface area contributed by atoms with Crippen LogP contribution in [0.2, 0.25) is 0 Å². The van der Waals surface area contributed by atoms with Crippen molar-refractivity contribution in [2.24, 2.45) is 0 Å². The third kappa shape index (κ3) is 5.92. The minimum absolute atomic E-state index is 0.240. The van der Waals surface area contributed by atoms with Crippen molar-refractivity contribution in [2.75, 3.05) is 18.5 Å². The van der Waals surface area contributed by atoms with E-state index in [2.05, 4.69) is 38.3 Å². The van der Waals surface area contributed by atoms with E-state index in [1.165, 1.54) is 11.3 Å². The lowest BCUT2D eigenvalue weighted by atomic mass is 9.92. The van der Waals surface area contributed by atoms with Crippen LogP contribution in [0.5, 0.6) is 0 Å². The van der Waals surface area contributed by atoms with Crippen molar-refractivity contribution < 1.29 is 19.1 Å². The summed E-state index contributed by atoms with van der Waals surface area (Å²) in [6.07, 6.45) is 0. The summed E-state index contributed by atoms with van der Waals surface area (Å²) >= 11 is 1.28. The first kappa shape index (κ1) is 21.6. The van der Waals surface area contributed by atoms with Gasteiger partial charge in [-0.3, -0.25) is 14.4 Å². The lowest BCUT2D eigenvalue weighted by Crippen LogP contribution is -2.32.